The summed E-state index contributed by atoms with van der Waals surface area (Å²) in [6.45, 7) is 4.42. The Kier molecular flexibility index (Phi) is 7.26. The van der Waals surface area contributed by atoms with Crippen LogP contribution in [-0.4, -0.2) is 67.6 Å². The standard InChI is InChI=1S/C33H44N2O3/c1-23(36)22-35-20-18-33-26-15-16-27(34(2)19-10-5-4-7-11-24-12-8-6-9-13-24)32(33)38-31-29(37-3)17-14-25(30(31)33)21-28(26)35/h6,8-9,12-14,17,26-28,32H,4-5,7,10-11,15-16,18-22H2,1-3H3/t26-,27-,28+,32-,33-/m0/s1. The molecule has 2 aliphatic carbocycles. The summed E-state index contributed by atoms with van der Waals surface area (Å²) < 4.78 is 12.8. The van der Waals surface area contributed by atoms with E-state index in [0.717, 1.165) is 43.9 Å². The maximum Gasteiger partial charge on any atom is 0.165 e. The van der Waals surface area contributed by atoms with Crippen LogP contribution in [0.4, 0.5) is 0 Å². The molecule has 1 spiro atoms. The third kappa shape index (κ3) is 4.36. The lowest BCUT2D eigenvalue weighted by atomic mass is 9.51. The zero-order chi connectivity index (χ0) is 26.3. The number of nitrogens with zero attached hydrogens (tertiary/aromatic N) is 2. The zero-order valence-corrected chi connectivity index (χ0v) is 23.5. The van der Waals surface area contributed by atoms with Crippen molar-refractivity contribution in [1.29, 1.82) is 0 Å². The highest BCUT2D eigenvalue weighted by molar-refractivity contribution is 5.77. The number of ketones is 1. The highest BCUT2D eigenvalue weighted by atomic mass is 16.5. The Balaban J connectivity index is 1.16. The van der Waals surface area contributed by atoms with Crippen molar-refractivity contribution in [1.82, 2.24) is 9.80 Å². The van der Waals surface area contributed by atoms with Crippen molar-refractivity contribution in [3.63, 3.8) is 0 Å². The van der Waals surface area contributed by atoms with Crippen LogP contribution in [0.25, 0.3) is 0 Å². The summed E-state index contributed by atoms with van der Waals surface area (Å²) in [6, 6.07) is 16.1. The van der Waals surface area contributed by atoms with Crippen LogP contribution in [0.5, 0.6) is 11.5 Å². The van der Waals surface area contributed by atoms with E-state index >= 15 is 0 Å². The molecule has 2 aromatic carbocycles. The lowest BCUT2D eigenvalue weighted by molar-refractivity contribution is -0.123. The van der Waals surface area contributed by atoms with Crippen LogP contribution in [0.1, 0.15) is 68.6 Å². The largest absolute Gasteiger partial charge is 0.493 e. The van der Waals surface area contributed by atoms with Gasteiger partial charge in [0.1, 0.15) is 11.9 Å². The first-order valence-corrected chi connectivity index (χ1v) is 14.9. The maximum absolute atomic E-state index is 12.1. The van der Waals surface area contributed by atoms with E-state index in [9.17, 15) is 4.79 Å². The molecule has 2 fully saturated rings. The predicted molar refractivity (Wildman–Crippen MR) is 151 cm³/mol. The third-order valence-electron chi connectivity index (χ3n) is 10.2. The Morgan fingerprint density at radius 1 is 1.11 bits per heavy atom. The summed E-state index contributed by atoms with van der Waals surface area (Å²) in [7, 11) is 4.09. The molecule has 5 atom stereocenters. The number of rotatable bonds is 11. The number of hydrogen-bond acceptors (Lipinski definition) is 5. The molecule has 2 aromatic rings. The minimum atomic E-state index is 0.0439. The molecule has 2 bridgehead atoms. The van der Waals surface area contributed by atoms with E-state index in [1.165, 1.54) is 55.2 Å². The lowest BCUT2D eigenvalue weighted by Crippen LogP contribution is -2.68. The minimum absolute atomic E-state index is 0.0439. The topological polar surface area (TPSA) is 42.0 Å². The van der Waals surface area contributed by atoms with E-state index in [-0.39, 0.29) is 17.3 Å². The minimum Gasteiger partial charge on any atom is -0.493 e. The van der Waals surface area contributed by atoms with Crippen molar-refractivity contribution < 1.29 is 14.3 Å². The van der Waals surface area contributed by atoms with Crippen molar-refractivity contribution in [2.75, 3.05) is 33.8 Å². The molecule has 5 heteroatoms. The Morgan fingerprint density at radius 2 is 1.92 bits per heavy atom. The number of benzene rings is 2. The fourth-order valence-electron chi connectivity index (χ4n) is 8.54. The molecular weight excluding hydrogens is 472 g/mol. The number of piperidine rings is 1. The van der Waals surface area contributed by atoms with Gasteiger partial charge < -0.3 is 9.47 Å². The molecule has 4 aliphatic rings. The molecule has 0 unspecified atom stereocenters. The number of carbonyl (C=O) groups excluding carboxylic acids is 1. The molecule has 1 saturated carbocycles. The summed E-state index contributed by atoms with van der Waals surface area (Å²) >= 11 is 0. The van der Waals surface area contributed by atoms with Crippen LogP contribution in [0.2, 0.25) is 0 Å². The van der Waals surface area contributed by atoms with Crippen molar-refractivity contribution in [2.45, 2.75) is 88.3 Å². The Morgan fingerprint density at radius 3 is 2.71 bits per heavy atom. The van der Waals surface area contributed by atoms with E-state index in [1.807, 2.05) is 0 Å². The third-order valence-corrected chi connectivity index (χ3v) is 10.2. The van der Waals surface area contributed by atoms with Crippen molar-refractivity contribution in [3.8, 4) is 11.5 Å². The second-order valence-corrected chi connectivity index (χ2v) is 12.3. The fourth-order valence-corrected chi connectivity index (χ4v) is 8.54. The molecule has 0 radical (unpaired) electrons. The first-order chi connectivity index (χ1) is 18.5. The van der Waals surface area contributed by atoms with Gasteiger partial charge in [-0.3, -0.25) is 14.6 Å². The molecule has 2 aliphatic heterocycles. The number of ether oxygens (including phenoxy) is 2. The van der Waals surface area contributed by atoms with Crippen LogP contribution in [0, 0.1) is 5.92 Å². The maximum atomic E-state index is 12.1. The van der Waals surface area contributed by atoms with Crippen LogP contribution >= 0.6 is 0 Å². The van der Waals surface area contributed by atoms with Crippen LogP contribution in [0.3, 0.4) is 0 Å². The Hall–Kier alpha value is -2.37. The molecule has 2 heterocycles. The number of hydrogen-bond donors (Lipinski definition) is 0. The van der Waals surface area contributed by atoms with Gasteiger partial charge in [-0.25, -0.2) is 0 Å². The van der Waals surface area contributed by atoms with E-state index < -0.39 is 0 Å². The average Bonchev–Trinajstić information content (AvgIpc) is 3.27. The molecule has 0 aromatic heterocycles. The number of methoxy groups -OCH3 is 1. The van der Waals surface area contributed by atoms with Gasteiger partial charge in [0, 0.05) is 23.1 Å². The molecule has 6 rings (SSSR count). The van der Waals surface area contributed by atoms with E-state index in [2.05, 4.69) is 59.3 Å². The Labute approximate surface area is 228 Å². The number of likely N-dealkylation sites (N-methyl/N-ethyl adjacent to an activating group) is 1. The van der Waals surface area contributed by atoms with Gasteiger partial charge in [0.25, 0.3) is 0 Å². The zero-order valence-electron chi connectivity index (χ0n) is 23.5. The molecule has 0 amide bonds. The highest BCUT2D eigenvalue weighted by Gasteiger charge is 2.66. The summed E-state index contributed by atoms with van der Waals surface area (Å²) in [6.07, 6.45) is 10.9. The van der Waals surface area contributed by atoms with Gasteiger partial charge in [0.05, 0.1) is 13.7 Å². The second-order valence-electron chi connectivity index (χ2n) is 12.3. The summed E-state index contributed by atoms with van der Waals surface area (Å²) in [5.41, 5.74) is 4.36. The monoisotopic (exact) mass is 516 g/mol. The fraction of sp³-hybridized carbons (Fsp3) is 0.606. The van der Waals surface area contributed by atoms with Gasteiger partial charge in [-0.2, -0.15) is 0 Å². The number of Topliss-reactive ketones (excluding diaryl/α,β-unsaturated/α-hetero) is 1. The van der Waals surface area contributed by atoms with Crippen LogP contribution in [-0.2, 0) is 23.1 Å². The number of unbranched alkanes of at least 4 members (excludes halogenated alkanes) is 3. The summed E-state index contributed by atoms with van der Waals surface area (Å²) in [4.78, 5) is 17.2. The highest BCUT2D eigenvalue weighted by Crippen LogP contribution is 2.64. The molecule has 204 valence electrons. The average molecular weight is 517 g/mol. The van der Waals surface area contributed by atoms with E-state index in [4.69, 9.17) is 9.47 Å². The van der Waals surface area contributed by atoms with Gasteiger partial charge in [-0.1, -0.05) is 49.2 Å². The molecule has 5 nitrogen and oxygen atoms in total. The second kappa shape index (κ2) is 10.7. The first-order valence-electron chi connectivity index (χ1n) is 14.9. The SMILES string of the molecule is COc1ccc2c3c1O[C@H]1[C@@H](N(C)CCCCCCc4ccccc4)CC[C@H]4[C@@H](C2)N(CC(C)=O)CC[C@@]341. The van der Waals surface area contributed by atoms with Gasteiger partial charge >= 0.3 is 0 Å². The number of carbonyl (C=O) groups is 1. The normalized spacial score (nSPS) is 29.2. The van der Waals surface area contributed by atoms with Gasteiger partial charge in [0.15, 0.2) is 11.5 Å². The van der Waals surface area contributed by atoms with Gasteiger partial charge in [-0.15, -0.1) is 0 Å². The van der Waals surface area contributed by atoms with Crippen molar-refractivity contribution in [3.05, 3.63) is 59.2 Å². The molecule has 0 N–H and O–H groups in total. The summed E-state index contributed by atoms with van der Waals surface area (Å²) in [5, 5.41) is 0. The number of aryl methyl sites for hydroxylation is 1. The van der Waals surface area contributed by atoms with Crippen LogP contribution < -0.4 is 9.47 Å². The van der Waals surface area contributed by atoms with Crippen molar-refractivity contribution in [2.24, 2.45) is 5.92 Å². The molecule has 38 heavy (non-hydrogen) atoms. The Bertz CT molecular complexity index is 1150. The van der Waals surface area contributed by atoms with Crippen LogP contribution in [0.15, 0.2) is 42.5 Å². The van der Waals surface area contributed by atoms with E-state index in [0.29, 0.717) is 24.5 Å². The van der Waals surface area contributed by atoms with Crippen molar-refractivity contribution >= 4 is 5.78 Å². The van der Waals surface area contributed by atoms with E-state index in [1.54, 1.807) is 14.0 Å². The van der Waals surface area contributed by atoms with Gasteiger partial charge in [0.2, 0.25) is 0 Å². The predicted octanol–water partition coefficient (Wildman–Crippen LogP) is 5.43. The first kappa shape index (κ1) is 25.9. The lowest BCUT2D eigenvalue weighted by Gasteiger charge is -2.60. The molecule has 1 saturated heterocycles. The van der Waals surface area contributed by atoms with Gasteiger partial charge in [-0.05, 0) is 95.1 Å². The summed E-state index contributed by atoms with van der Waals surface area (Å²) in [5.74, 6) is 2.72. The number of likely N-dealkylation sites (tertiary alicyclic amines) is 1. The smallest absolute Gasteiger partial charge is 0.165 e. The molecular formula is C33H44N2O3. The quantitative estimate of drug-likeness (QED) is 0.373.